The number of fused-ring (bicyclic) bond motifs is 2. The number of ether oxygens (including phenoxy) is 1. The van der Waals surface area contributed by atoms with Gasteiger partial charge in [0.15, 0.2) is 0 Å². The van der Waals surface area contributed by atoms with Crippen LogP contribution in [0.1, 0.15) is 25.7 Å². The summed E-state index contributed by atoms with van der Waals surface area (Å²) in [6.45, 7) is 0. The normalized spacial score (nSPS) is 22.6. The topological polar surface area (TPSA) is 26.3 Å². The van der Waals surface area contributed by atoms with Crippen LogP contribution in [0.25, 0.3) is 0 Å². The third-order valence-corrected chi connectivity index (χ3v) is 3.51. The molecule has 3 rings (SSSR count). The Morgan fingerprint density at radius 2 is 2.00 bits per heavy atom. The van der Waals surface area contributed by atoms with E-state index in [4.69, 9.17) is 4.74 Å². The number of allylic oxidation sites excluding steroid dienone is 1. The first-order valence-electron chi connectivity index (χ1n) is 5.81. The molecule has 0 radical (unpaired) electrons. The van der Waals surface area contributed by atoms with Gasteiger partial charge in [0.2, 0.25) is 0 Å². The third kappa shape index (κ3) is 1.64. The Bertz CT molecular complexity index is 445. The lowest BCUT2D eigenvalue weighted by atomic mass is 9.99. The Balaban J connectivity index is 1.75. The average molecular weight is 214 g/mol. The van der Waals surface area contributed by atoms with Gasteiger partial charge >= 0.3 is 5.97 Å². The number of rotatable bonds is 2. The third-order valence-electron chi connectivity index (χ3n) is 3.51. The van der Waals surface area contributed by atoms with Crippen molar-refractivity contribution < 1.29 is 9.53 Å². The molecule has 1 aromatic carbocycles. The van der Waals surface area contributed by atoms with Crippen molar-refractivity contribution in [1.82, 2.24) is 0 Å². The van der Waals surface area contributed by atoms with Crippen molar-refractivity contribution in [3.8, 4) is 5.75 Å². The van der Waals surface area contributed by atoms with Crippen molar-refractivity contribution in [1.29, 1.82) is 0 Å². The van der Waals surface area contributed by atoms with Gasteiger partial charge in [-0.25, -0.2) is 4.79 Å². The lowest BCUT2D eigenvalue weighted by molar-refractivity contribution is -0.130. The van der Waals surface area contributed by atoms with Gasteiger partial charge in [0, 0.05) is 5.57 Å². The molecule has 2 aliphatic rings. The minimum absolute atomic E-state index is 0.136. The van der Waals surface area contributed by atoms with Crippen LogP contribution < -0.4 is 4.74 Å². The Labute approximate surface area is 94.9 Å². The van der Waals surface area contributed by atoms with Crippen LogP contribution in [-0.2, 0) is 4.79 Å². The van der Waals surface area contributed by atoms with Crippen LogP contribution in [0.3, 0.4) is 0 Å². The maximum atomic E-state index is 11.9. The predicted molar refractivity (Wildman–Crippen MR) is 61.1 cm³/mol. The summed E-state index contributed by atoms with van der Waals surface area (Å²) in [5.41, 5.74) is 2.28. The summed E-state index contributed by atoms with van der Waals surface area (Å²) in [6.07, 6.45) is 4.42. The van der Waals surface area contributed by atoms with Gasteiger partial charge in [0.25, 0.3) is 0 Å². The van der Waals surface area contributed by atoms with Gasteiger partial charge in [-0.15, -0.1) is 0 Å². The summed E-state index contributed by atoms with van der Waals surface area (Å²) >= 11 is 0. The number of benzene rings is 1. The molecular weight excluding hydrogens is 200 g/mol. The minimum Gasteiger partial charge on any atom is -0.423 e. The van der Waals surface area contributed by atoms with Crippen LogP contribution in [0, 0.1) is 5.92 Å². The highest BCUT2D eigenvalue weighted by atomic mass is 16.5. The van der Waals surface area contributed by atoms with Crippen molar-refractivity contribution in [2.24, 2.45) is 5.92 Å². The molecule has 2 nitrogen and oxygen atoms in total. The van der Waals surface area contributed by atoms with E-state index < -0.39 is 0 Å². The summed E-state index contributed by atoms with van der Waals surface area (Å²) in [4.78, 5) is 11.9. The second-order valence-electron chi connectivity index (χ2n) is 4.60. The van der Waals surface area contributed by atoms with Gasteiger partial charge in [-0.2, -0.15) is 0 Å². The van der Waals surface area contributed by atoms with Crippen LogP contribution in [0.4, 0.5) is 0 Å². The number of carbonyl (C=O) groups excluding carboxylic acids is 1. The first-order chi connectivity index (χ1) is 7.83. The summed E-state index contributed by atoms with van der Waals surface area (Å²) < 4.78 is 5.35. The van der Waals surface area contributed by atoms with Gasteiger partial charge in [-0.05, 0) is 43.7 Å². The minimum atomic E-state index is -0.136. The molecule has 0 heterocycles. The molecule has 1 unspecified atom stereocenters. The number of hydrogen-bond acceptors (Lipinski definition) is 2. The molecule has 0 spiro atoms. The molecule has 1 atom stereocenters. The zero-order chi connectivity index (χ0) is 11.0. The average Bonchev–Trinajstić information content (AvgIpc) is 2.92. The Morgan fingerprint density at radius 1 is 1.19 bits per heavy atom. The zero-order valence-electron chi connectivity index (χ0n) is 9.11. The predicted octanol–water partition coefficient (Wildman–Crippen LogP) is 3.09. The van der Waals surface area contributed by atoms with Crippen molar-refractivity contribution in [3.63, 3.8) is 0 Å². The fourth-order valence-corrected chi connectivity index (χ4v) is 2.70. The fraction of sp³-hybridized carbons (Fsp3) is 0.357. The molecule has 82 valence electrons. The molecule has 1 aromatic rings. The molecule has 0 amide bonds. The van der Waals surface area contributed by atoms with E-state index in [1.165, 1.54) is 12.0 Å². The van der Waals surface area contributed by atoms with Crippen molar-refractivity contribution in [2.75, 3.05) is 0 Å². The fourth-order valence-electron chi connectivity index (χ4n) is 2.70. The van der Waals surface area contributed by atoms with E-state index >= 15 is 0 Å². The second kappa shape index (κ2) is 3.78. The van der Waals surface area contributed by atoms with Crippen molar-refractivity contribution in [3.05, 3.63) is 41.5 Å². The Morgan fingerprint density at radius 3 is 2.62 bits per heavy atom. The van der Waals surface area contributed by atoms with Crippen molar-refractivity contribution in [2.45, 2.75) is 25.7 Å². The van der Waals surface area contributed by atoms with Gasteiger partial charge < -0.3 is 4.74 Å². The van der Waals surface area contributed by atoms with E-state index in [1.807, 2.05) is 30.3 Å². The summed E-state index contributed by atoms with van der Waals surface area (Å²) in [6, 6.07) is 9.30. The smallest absolute Gasteiger partial charge is 0.339 e. The number of carbonyl (C=O) groups is 1. The van der Waals surface area contributed by atoms with E-state index in [2.05, 4.69) is 0 Å². The van der Waals surface area contributed by atoms with Gasteiger partial charge in [-0.1, -0.05) is 23.8 Å². The highest BCUT2D eigenvalue weighted by Gasteiger charge is 2.34. The molecule has 2 bridgehead atoms. The standard InChI is InChI=1S/C14H14O2/c15-14(16-12-4-2-1-3-5-12)13-9-10-6-7-11(13)8-10/h1-5,10H,6-9H2. The molecule has 0 saturated heterocycles. The second-order valence-corrected chi connectivity index (χ2v) is 4.60. The quantitative estimate of drug-likeness (QED) is 0.558. The zero-order valence-corrected chi connectivity index (χ0v) is 9.11. The van der Waals surface area contributed by atoms with Gasteiger partial charge in [0.1, 0.15) is 5.75 Å². The number of hydrogen-bond donors (Lipinski definition) is 0. The lowest BCUT2D eigenvalue weighted by Crippen LogP contribution is -2.13. The molecule has 0 aliphatic heterocycles. The molecule has 0 aromatic heterocycles. The van der Waals surface area contributed by atoms with E-state index in [0.717, 1.165) is 24.8 Å². The van der Waals surface area contributed by atoms with Gasteiger partial charge in [-0.3, -0.25) is 0 Å². The summed E-state index contributed by atoms with van der Waals surface area (Å²) in [5.74, 6) is 1.22. The van der Waals surface area contributed by atoms with Crippen LogP contribution in [-0.4, -0.2) is 5.97 Å². The van der Waals surface area contributed by atoms with Crippen LogP contribution in [0.5, 0.6) is 5.75 Å². The summed E-state index contributed by atoms with van der Waals surface area (Å²) in [5, 5.41) is 0. The van der Waals surface area contributed by atoms with E-state index in [0.29, 0.717) is 11.7 Å². The van der Waals surface area contributed by atoms with E-state index in [-0.39, 0.29) is 5.97 Å². The van der Waals surface area contributed by atoms with Gasteiger partial charge in [0.05, 0.1) is 0 Å². The lowest BCUT2D eigenvalue weighted by Gasteiger charge is -2.11. The first kappa shape index (κ1) is 9.64. The van der Waals surface area contributed by atoms with E-state index in [9.17, 15) is 4.79 Å². The maximum Gasteiger partial charge on any atom is 0.339 e. The maximum absolute atomic E-state index is 11.9. The van der Waals surface area contributed by atoms with Crippen molar-refractivity contribution >= 4 is 5.97 Å². The molecule has 16 heavy (non-hydrogen) atoms. The molecule has 1 saturated carbocycles. The Kier molecular flexibility index (Phi) is 2.28. The summed E-state index contributed by atoms with van der Waals surface area (Å²) in [7, 11) is 0. The molecular formula is C14H14O2. The highest BCUT2D eigenvalue weighted by Crippen LogP contribution is 2.44. The molecule has 1 fully saturated rings. The van der Waals surface area contributed by atoms with Crippen LogP contribution in [0.15, 0.2) is 41.5 Å². The highest BCUT2D eigenvalue weighted by molar-refractivity contribution is 5.92. The molecule has 2 aliphatic carbocycles. The first-order valence-corrected chi connectivity index (χ1v) is 5.81. The molecule has 0 N–H and O–H groups in total. The van der Waals surface area contributed by atoms with E-state index in [1.54, 1.807) is 0 Å². The molecule has 2 heteroatoms. The van der Waals surface area contributed by atoms with Crippen LogP contribution in [0.2, 0.25) is 0 Å². The Hall–Kier alpha value is -1.57. The SMILES string of the molecule is O=C(Oc1ccccc1)C1=C2CCC(C2)C1. The number of esters is 1. The largest absolute Gasteiger partial charge is 0.423 e. The van der Waals surface area contributed by atoms with Crippen LogP contribution >= 0.6 is 0 Å². The number of para-hydroxylation sites is 1. The monoisotopic (exact) mass is 214 g/mol.